The number of carbonyl (C=O) groups excluding carboxylic acids is 1. The maximum Gasteiger partial charge on any atom is 0.240 e. The summed E-state index contributed by atoms with van der Waals surface area (Å²) in [7, 11) is 0. The number of rotatable bonds is 7. The molecule has 1 saturated carbocycles. The molecule has 1 aliphatic carbocycles. The second-order valence-corrected chi connectivity index (χ2v) is 6.68. The van der Waals surface area contributed by atoms with Crippen LogP contribution in [-0.4, -0.2) is 18.1 Å². The third-order valence-electron chi connectivity index (χ3n) is 4.31. The van der Waals surface area contributed by atoms with E-state index < -0.39 is 5.54 Å². The predicted octanol–water partition coefficient (Wildman–Crippen LogP) is 3.00. The molecule has 0 radical (unpaired) electrons. The maximum absolute atomic E-state index is 12.3. The monoisotopic (exact) mass is 304 g/mol. The van der Waals surface area contributed by atoms with Crippen molar-refractivity contribution in [3.63, 3.8) is 0 Å². The van der Waals surface area contributed by atoms with Crippen molar-refractivity contribution in [2.45, 2.75) is 58.0 Å². The first-order valence-corrected chi connectivity index (χ1v) is 8.29. The van der Waals surface area contributed by atoms with E-state index in [1.807, 2.05) is 24.3 Å². The van der Waals surface area contributed by atoms with Crippen molar-refractivity contribution in [2.75, 3.05) is 6.61 Å². The fourth-order valence-corrected chi connectivity index (χ4v) is 2.78. The summed E-state index contributed by atoms with van der Waals surface area (Å²) >= 11 is 0. The molecule has 2 rings (SSSR count). The zero-order chi connectivity index (χ0) is 16.0. The van der Waals surface area contributed by atoms with Crippen LogP contribution >= 0.6 is 0 Å². The summed E-state index contributed by atoms with van der Waals surface area (Å²) in [6.45, 7) is 5.52. The average Bonchev–Trinajstić information content (AvgIpc) is 2.93. The fraction of sp³-hybridized carbons (Fsp3) is 0.611. The second kappa shape index (κ2) is 7.63. The average molecular weight is 304 g/mol. The highest BCUT2D eigenvalue weighted by atomic mass is 16.5. The topological polar surface area (TPSA) is 64.3 Å². The highest BCUT2D eigenvalue weighted by molar-refractivity contribution is 5.86. The van der Waals surface area contributed by atoms with Crippen LogP contribution < -0.4 is 15.8 Å². The van der Waals surface area contributed by atoms with Crippen LogP contribution in [0.15, 0.2) is 24.3 Å². The number of hydrogen-bond donors (Lipinski definition) is 2. The lowest BCUT2D eigenvalue weighted by Crippen LogP contribution is -2.51. The van der Waals surface area contributed by atoms with Crippen LogP contribution in [0, 0.1) is 5.92 Å². The zero-order valence-corrected chi connectivity index (χ0v) is 13.7. The van der Waals surface area contributed by atoms with Crippen LogP contribution in [0.2, 0.25) is 0 Å². The van der Waals surface area contributed by atoms with Crippen molar-refractivity contribution in [3.8, 4) is 5.75 Å². The van der Waals surface area contributed by atoms with Gasteiger partial charge in [0.1, 0.15) is 5.75 Å². The van der Waals surface area contributed by atoms with Crippen LogP contribution in [0.4, 0.5) is 0 Å². The Bertz CT molecular complexity index is 494. The SMILES string of the molecule is CC(C)CCOc1ccccc1CNC(=O)C1(N)CCCC1. The van der Waals surface area contributed by atoms with Crippen LogP contribution in [0.1, 0.15) is 51.5 Å². The van der Waals surface area contributed by atoms with Crippen LogP contribution in [-0.2, 0) is 11.3 Å². The Balaban J connectivity index is 1.90. The van der Waals surface area contributed by atoms with Gasteiger partial charge in [0.25, 0.3) is 0 Å². The third-order valence-corrected chi connectivity index (χ3v) is 4.31. The Kier molecular flexibility index (Phi) is 5.83. The van der Waals surface area contributed by atoms with E-state index in [1.54, 1.807) is 0 Å². The van der Waals surface area contributed by atoms with Gasteiger partial charge in [-0.2, -0.15) is 0 Å². The van der Waals surface area contributed by atoms with E-state index >= 15 is 0 Å². The van der Waals surface area contributed by atoms with Gasteiger partial charge in [-0.1, -0.05) is 44.9 Å². The molecule has 1 fully saturated rings. The maximum atomic E-state index is 12.3. The standard InChI is InChI=1S/C18H28N2O2/c1-14(2)9-12-22-16-8-4-3-7-15(16)13-20-17(21)18(19)10-5-6-11-18/h3-4,7-8,14H,5-6,9-13,19H2,1-2H3,(H,20,21). The second-order valence-electron chi connectivity index (χ2n) is 6.68. The molecular formula is C18H28N2O2. The first kappa shape index (κ1) is 16.8. The molecule has 122 valence electrons. The minimum Gasteiger partial charge on any atom is -0.493 e. The Morgan fingerprint density at radius 2 is 2.00 bits per heavy atom. The molecule has 4 heteroatoms. The molecule has 0 unspecified atom stereocenters. The Morgan fingerprint density at radius 1 is 1.32 bits per heavy atom. The van der Waals surface area contributed by atoms with E-state index in [9.17, 15) is 4.79 Å². The van der Waals surface area contributed by atoms with E-state index in [0.29, 0.717) is 19.1 Å². The van der Waals surface area contributed by atoms with E-state index in [1.165, 1.54) is 0 Å². The predicted molar refractivity (Wildman–Crippen MR) is 88.6 cm³/mol. The number of benzene rings is 1. The molecule has 0 spiro atoms. The number of amides is 1. The number of ether oxygens (including phenoxy) is 1. The molecule has 0 atom stereocenters. The summed E-state index contributed by atoms with van der Waals surface area (Å²) in [4.78, 5) is 12.3. The van der Waals surface area contributed by atoms with Gasteiger partial charge in [0.2, 0.25) is 5.91 Å². The molecule has 0 saturated heterocycles. The smallest absolute Gasteiger partial charge is 0.240 e. The summed E-state index contributed by atoms with van der Waals surface area (Å²) in [6, 6.07) is 7.86. The number of carbonyl (C=O) groups is 1. The largest absolute Gasteiger partial charge is 0.493 e. The highest BCUT2D eigenvalue weighted by Crippen LogP contribution is 2.27. The first-order chi connectivity index (χ1) is 10.5. The molecule has 1 amide bonds. The van der Waals surface area contributed by atoms with Gasteiger partial charge in [0.15, 0.2) is 0 Å². The Labute approximate surface area is 133 Å². The molecule has 0 bridgehead atoms. The lowest BCUT2D eigenvalue weighted by atomic mass is 9.98. The molecule has 0 aromatic heterocycles. The number of para-hydroxylation sites is 1. The summed E-state index contributed by atoms with van der Waals surface area (Å²) < 4.78 is 5.85. The summed E-state index contributed by atoms with van der Waals surface area (Å²) in [5.74, 6) is 1.43. The van der Waals surface area contributed by atoms with Gasteiger partial charge >= 0.3 is 0 Å². The van der Waals surface area contributed by atoms with Gasteiger partial charge in [-0.05, 0) is 31.2 Å². The summed E-state index contributed by atoms with van der Waals surface area (Å²) in [5.41, 5.74) is 6.50. The number of nitrogens with two attached hydrogens (primary N) is 1. The molecule has 1 aromatic rings. The molecule has 22 heavy (non-hydrogen) atoms. The molecular weight excluding hydrogens is 276 g/mol. The van der Waals surface area contributed by atoms with E-state index in [4.69, 9.17) is 10.5 Å². The van der Waals surface area contributed by atoms with E-state index in [2.05, 4.69) is 19.2 Å². The Hall–Kier alpha value is -1.55. The zero-order valence-electron chi connectivity index (χ0n) is 13.7. The van der Waals surface area contributed by atoms with E-state index in [0.717, 1.165) is 43.4 Å². The fourth-order valence-electron chi connectivity index (χ4n) is 2.78. The van der Waals surface area contributed by atoms with Crippen molar-refractivity contribution in [1.82, 2.24) is 5.32 Å². The van der Waals surface area contributed by atoms with Gasteiger partial charge in [0.05, 0.1) is 12.1 Å². The molecule has 0 heterocycles. The molecule has 1 aromatic carbocycles. The highest BCUT2D eigenvalue weighted by Gasteiger charge is 2.36. The summed E-state index contributed by atoms with van der Waals surface area (Å²) in [5, 5.41) is 2.98. The molecule has 3 N–H and O–H groups in total. The number of hydrogen-bond acceptors (Lipinski definition) is 3. The quantitative estimate of drug-likeness (QED) is 0.814. The minimum atomic E-state index is -0.673. The lowest BCUT2D eigenvalue weighted by molar-refractivity contribution is -0.126. The summed E-state index contributed by atoms with van der Waals surface area (Å²) in [6.07, 6.45) is 4.67. The normalized spacial score (nSPS) is 16.7. The van der Waals surface area contributed by atoms with Crippen molar-refractivity contribution in [2.24, 2.45) is 11.7 Å². The molecule has 0 aliphatic heterocycles. The van der Waals surface area contributed by atoms with Crippen molar-refractivity contribution in [1.29, 1.82) is 0 Å². The molecule has 4 nitrogen and oxygen atoms in total. The lowest BCUT2D eigenvalue weighted by Gasteiger charge is -2.22. The van der Waals surface area contributed by atoms with Crippen molar-refractivity contribution >= 4 is 5.91 Å². The van der Waals surface area contributed by atoms with Crippen LogP contribution in [0.3, 0.4) is 0 Å². The van der Waals surface area contributed by atoms with Gasteiger partial charge in [-0.15, -0.1) is 0 Å². The van der Waals surface area contributed by atoms with Crippen molar-refractivity contribution in [3.05, 3.63) is 29.8 Å². The molecule has 1 aliphatic rings. The minimum absolute atomic E-state index is 0.0398. The Morgan fingerprint density at radius 3 is 2.68 bits per heavy atom. The van der Waals surface area contributed by atoms with Crippen molar-refractivity contribution < 1.29 is 9.53 Å². The van der Waals surface area contributed by atoms with E-state index in [-0.39, 0.29) is 5.91 Å². The third kappa shape index (κ3) is 4.47. The van der Waals surface area contributed by atoms with Crippen LogP contribution in [0.25, 0.3) is 0 Å². The van der Waals surface area contributed by atoms with Crippen LogP contribution in [0.5, 0.6) is 5.75 Å². The van der Waals surface area contributed by atoms with Gasteiger partial charge in [-0.3, -0.25) is 4.79 Å². The van der Waals surface area contributed by atoms with Gasteiger partial charge in [-0.25, -0.2) is 0 Å². The van der Waals surface area contributed by atoms with Gasteiger partial charge in [0, 0.05) is 12.1 Å². The first-order valence-electron chi connectivity index (χ1n) is 8.29. The van der Waals surface area contributed by atoms with Gasteiger partial charge < -0.3 is 15.8 Å². The number of nitrogens with one attached hydrogen (secondary N) is 1.